The Bertz CT molecular complexity index is 546. The third kappa shape index (κ3) is 3.95. The van der Waals surface area contributed by atoms with Crippen LogP contribution in [0.25, 0.3) is 0 Å². The number of amides is 1. The molecule has 0 bridgehead atoms. The minimum Gasteiger partial charge on any atom is -0.355 e. The quantitative estimate of drug-likeness (QED) is 0.884. The van der Waals surface area contributed by atoms with Gasteiger partial charge in [-0.25, -0.2) is 0 Å². The average molecular weight is 267 g/mol. The fraction of sp³-hybridized carbons (Fsp3) is 0.278. The summed E-state index contributed by atoms with van der Waals surface area (Å²) in [5, 5.41) is 3.03. The van der Waals surface area contributed by atoms with Crippen LogP contribution in [0, 0.1) is 0 Å². The monoisotopic (exact) mass is 267 g/mol. The van der Waals surface area contributed by atoms with Gasteiger partial charge in [0.25, 0.3) is 0 Å². The van der Waals surface area contributed by atoms with Gasteiger partial charge in [0.15, 0.2) is 0 Å². The molecule has 0 aromatic heterocycles. The summed E-state index contributed by atoms with van der Waals surface area (Å²) >= 11 is 0. The lowest BCUT2D eigenvalue weighted by molar-refractivity contribution is -0.120. The number of carbonyl (C=O) groups is 1. The standard InChI is InChI=1S/C18H21NO/c1-18(2,16-11-7-4-8-12-16)14-19-17(20)13-15-9-5-3-6-10-15/h3-12H,13-14H2,1-2H3,(H,19,20). The molecule has 0 fully saturated rings. The summed E-state index contributed by atoms with van der Waals surface area (Å²) in [6.07, 6.45) is 0.436. The fourth-order valence-electron chi connectivity index (χ4n) is 2.15. The fourth-order valence-corrected chi connectivity index (χ4v) is 2.15. The van der Waals surface area contributed by atoms with Gasteiger partial charge in [-0.2, -0.15) is 0 Å². The first-order valence-electron chi connectivity index (χ1n) is 6.94. The Balaban J connectivity index is 1.90. The Morgan fingerprint density at radius 3 is 2.10 bits per heavy atom. The summed E-state index contributed by atoms with van der Waals surface area (Å²) in [6.45, 7) is 4.93. The van der Waals surface area contributed by atoms with Crippen LogP contribution < -0.4 is 5.32 Å². The highest BCUT2D eigenvalue weighted by Gasteiger charge is 2.20. The summed E-state index contributed by atoms with van der Waals surface area (Å²) in [4.78, 5) is 12.0. The molecule has 20 heavy (non-hydrogen) atoms. The Morgan fingerprint density at radius 2 is 1.50 bits per heavy atom. The lowest BCUT2D eigenvalue weighted by Gasteiger charge is -2.25. The van der Waals surface area contributed by atoms with Crippen molar-refractivity contribution >= 4 is 5.91 Å². The molecule has 0 spiro atoms. The van der Waals surface area contributed by atoms with Crippen molar-refractivity contribution in [3.63, 3.8) is 0 Å². The van der Waals surface area contributed by atoms with Gasteiger partial charge in [-0.1, -0.05) is 74.5 Å². The van der Waals surface area contributed by atoms with Crippen molar-refractivity contribution in [2.75, 3.05) is 6.54 Å². The summed E-state index contributed by atoms with van der Waals surface area (Å²) in [7, 11) is 0. The molecule has 0 unspecified atom stereocenters. The maximum atomic E-state index is 12.0. The minimum absolute atomic E-state index is 0.0619. The number of carbonyl (C=O) groups excluding carboxylic acids is 1. The van der Waals surface area contributed by atoms with Crippen LogP contribution in [0.15, 0.2) is 60.7 Å². The maximum Gasteiger partial charge on any atom is 0.224 e. The lowest BCUT2D eigenvalue weighted by Crippen LogP contribution is -2.37. The minimum atomic E-state index is -0.0619. The number of nitrogens with one attached hydrogen (secondary N) is 1. The SMILES string of the molecule is CC(C)(CNC(=O)Cc1ccccc1)c1ccccc1. The van der Waals surface area contributed by atoms with Gasteiger partial charge < -0.3 is 5.32 Å². The summed E-state index contributed by atoms with van der Waals surface area (Å²) < 4.78 is 0. The molecule has 2 aromatic carbocycles. The zero-order valence-corrected chi connectivity index (χ0v) is 12.1. The van der Waals surface area contributed by atoms with E-state index in [0.717, 1.165) is 5.56 Å². The molecule has 0 saturated heterocycles. The van der Waals surface area contributed by atoms with Crippen LogP contribution >= 0.6 is 0 Å². The van der Waals surface area contributed by atoms with E-state index >= 15 is 0 Å². The third-order valence-corrected chi connectivity index (χ3v) is 3.49. The Morgan fingerprint density at radius 1 is 0.950 bits per heavy atom. The van der Waals surface area contributed by atoms with Gasteiger partial charge in [-0.3, -0.25) is 4.79 Å². The highest BCUT2D eigenvalue weighted by atomic mass is 16.1. The second-order valence-electron chi connectivity index (χ2n) is 5.69. The molecule has 1 N–H and O–H groups in total. The molecular formula is C18H21NO. The van der Waals surface area contributed by atoms with Crippen molar-refractivity contribution in [3.05, 3.63) is 71.8 Å². The van der Waals surface area contributed by atoms with Crippen molar-refractivity contribution in [1.29, 1.82) is 0 Å². The van der Waals surface area contributed by atoms with Crippen LogP contribution in [0.2, 0.25) is 0 Å². The molecule has 0 aliphatic carbocycles. The lowest BCUT2D eigenvalue weighted by atomic mass is 9.84. The van der Waals surface area contributed by atoms with Gasteiger partial charge in [0.2, 0.25) is 5.91 Å². The van der Waals surface area contributed by atoms with Crippen molar-refractivity contribution in [3.8, 4) is 0 Å². The molecule has 0 radical (unpaired) electrons. The van der Waals surface area contributed by atoms with Crippen molar-refractivity contribution in [2.24, 2.45) is 0 Å². The normalized spacial score (nSPS) is 11.1. The molecule has 2 rings (SSSR count). The second kappa shape index (κ2) is 6.38. The number of hydrogen-bond acceptors (Lipinski definition) is 1. The zero-order valence-electron chi connectivity index (χ0n) is 12.1. The molecule has 104 valence electrons. The van der Waals surface area contributed by atoms with E-state index in [1.807, 2.05) is 48.5 Å². The van der Waals surface area contributed by atoms with E-state index in [1.54, 1.807) is 0 Å². The summed E-state index contributed by atoms with van der Waals surface area (Å²) in [6, 6.07) is 20.1. The molecule has 2 heteroatoms. The van der Waals surface area contributed by atoms with Crippen LogP contribution in [0.5, 0.6) is 0 Å². The first-order chi connectivity index (χ1) is 9.58. The maximum absolute atomic E-state index is 12.0. The highest BCUT2D eigenvalue weighted by Crippen LogP contribution is 2.21. The van der Waals surface area contributed by atoms with E-state index in [-0.39, 0.29) is 11.3 Å². The zero-order chi connectivity index (χ0) is 14.4. The predicted octanol–water partition coefficient (Wildman–Crippen LogP) is 3.32. The molecule has 0 aliphatic rings. The first kappa shape index (κ1) is 14.3. The molecule has 2 aromatic rings. The topological polar surface area (TPSA) is 29.1 Å². The van der Waals surface area contributed by atoms with Crippen molar-refractivity contribution in [2.45, 2.75) is 25.7 Å². The van der Waals surface area contributed by atoms with Gasteiger partial charge in [0, 0.05) is 12.0 Å². The van der Waals surface area contributed by atoms with E-state index in [1.165, 1.54) is 5.56 Å². The summed E-state index contributed by atoms with van der Waals surface area (Å²) in [5.74, 6) is 0.0696. The molecule has 1 amide bonds. The van der Waals surface area contributed by atoms with Crippen molar-refractivity contribution in [1.82, 2.24) is 5.32 Å². The molecule has 2 nitrogen and oxygen atoms in total. The van der Waals surface area contributed by atoms with Crippen LogP contribution in [0.4, 0.5) is 0 Å². The van der Waals surface area contributed by atoms with E-state index in [0.29, 0.717) is 13.0 Å². The Hall–Kier alpha value is -2.09. The molecule has 0 heterocycles. The largest absolute Gasteiger partial charge is 0.355 e. The highest BCUT2D eigenvalue weighted by molar-refractivity contribution is 5.78. The van der Waals surface area contributed by atoms with Gasteiger partial charge in [-0.15, -0.1) is 0 Å². The van der Waals surface area contributed by atoms with Gasteiger partial charge in [-0.05, 0) is 11.1 Å². The molecule has 0 aliphatic heterocycles. The molecular weight excluding hydrogens is 246 g/mol. The van der Waals surface area contributed by atoms with E-state index in [9.17, 15) is 4.79 Å². The van der Waals surface area contributed by atoms with Gasteiger partial charge in [0.1, 0.15) is 0 Å². The average Bonchev–Trinajstić information content (AvgIpc) is 2.47. The smallest absolute Gasteiger partial charge is 0.224 e. The number of hydrogen-bond donors (Lipinski definition) is 1. The summed E-state index contributed by atoms with van der Waals surface area (Å²) in [5.41, 5.74) is 2.22. The van der Waals surface area contributed by atoms with Crippen LogP contribution in [0.3, 0.4) is 0 Å². The van der Waals surface area contributed by atoms with E-state index in [4.69, 9.17) is 0 Å². The Labute approximate surface area is 120 Å². The van der Waals surface area contributed by atoms with E-state index in [2.05, 4.69) is 31.3 Å². The van der Waals surface area contributed by atoms with Gasteiger partial charge >= 0.3 is 0 Å². The third-order valence-electron chi connectivity index (χ3n) is 3.49. The predicted molar refractivity (Wildman–Crippen MR) is 82.6 cm³/mol. The Kier molecular flexibility index (Phi) is 4.57. The van der Waals surface area contributed by atoms with Crippen LogP contribution in [-0.2, 0) is 16.6 Å². The molecule has 0 atom stereocenters. The number of benzene rings is 2. The van der Waals surface area contributed by atoms with Crippen LogP contribution in [-0.4, -0.2) is 12.5 Å². The first-order valence-corrected chi connectivity index (χ1v) is 6.94. The molecule has 0 saturated carbocycles. The van der Waals surface area contributed by atoms with E-state index < -0.39 is 0 Å². The number of rotatable bonds is 5. The second-order valence-corrected chi connectivity index (χ2v) is 5.69. The van der Waals surface area contributed by atoms with Crippen molar-refractivity contribution < 1.29 is 4.79 Å². The van der Waals surface area contributed by atoms with Crippen LogP contribution in [0.1, 0.15) is 25.0 Å². The van der Waals surface area contributed by atoms with Gasteiger partial charge in [0.05, 0.1) is 6.42 Å².